The van der Waals surface area contributed by atoms with Gasteiger partial charge in [-0.25, -0.2) is 0 Å². The number of rotatable bonds is 2. The van der Waals surface area contributed by atoms with Crippen molar-refractivity contribution in [3.8, 4) is 0 Å². The first-order chi connectivity index (χ1) is 7.74. The van der Waals surface area contributed by atoms with E-state index >= 15 is 0 Å². The number of halogens is 2. The molecule has 2 unspecified atom stereocenters. The third kappa shape index (κ3) is 2.96. The van der Waals surface area contributed by atoms with Gasteiger partial charge in [-0.1, -0.05) is 62.2 Å². The Labute approximate surface area is 122 Å². The van der Waals surface area contributed by atoms with Crippen molar-refractivity contribution < 1.29 is 0 Å². The minimum atomic E-state index is -0.879. The fourth-order valence-corrected chi connectivity index (χ4v) is 12.3. The first-order valence-corrected chi connectivity index (χ1v) is 10.4. The Kier molecular flexibility index (Phi) is 3.81. The molecule has 0 N–H and O–H groups in total. The molecule has 1 aromatic rings. The maximum absolute atomic E-state index is 3.93. The average molecular weight is 379 g/mol. The molecule has 94 valence electrons. The molecule has 0 nitrogen and oxygen atoms in total. The summed E-state index contributed by atoms with van der Waals surface area (Å²) in [6, 6.07) is 10.9. The molecule has 1 aliphatic heterocycles. The van der Waals surface area contributed by atoms with Crippen LogP contribution in [0.4, 0.5) is 0 Å². The fraction of sp³-hybridized carbons (Fsp3) is 0.571. The van der Waals surface area contributed by atoms with Gasteiger partial charge in [-0.05, 0) is 19.4 Å². The number of alkyl halides is 2. The zero-order chi connectivity index (χ0) is 12.7. The second-order valence-corrected chi connectivity index (χ2v) is 13.7. The van der Waals surface area contributed by atoms with E-state index in [-0.39, 0.29) is 8.65 Å². The van der Waals surface area contributed by atoms with E-state index in [4.69, 9.17) is 0 Å². The highest BCUT2D eigenvalue weighted by atomic mass is 79.9. The van der Waals surface area contributed by atoms with Crippen molar-refractivity contribution in [2.24, 2.45) is 0 Å². The summed E-state index contributed by atoms with van der Waals surface area (Å²) in [5.41, 5.74) is 1.50. The van der Waals surface area contributed by atoms with Gasteiger partial charge in [0.15, 0.2) is 0 Å². The molecule has 1 fully saturated rings. The molecular weight excluding hydrogens is 359 g/mol. The van der Waals surface area contributed by atoms with Crippen LogP contribution in [0.25, 0.3) is 0 Å². The first kappa shape index (κ1) is 14.0. The Balaban J connectivity index is 2.18. The number of hydrogen-bond donors (Lipinski definition) is 0. The molecule has 0 spiro atoms. The normalized spacial score (nSPS) is 41.7. The van der Waals surface area contributed by atoms with Gasteiger partial charge in [-0.2, -0.15) is 0 Å². The Morgan fingerprint density at radius 2 is 1.53 bits per heavy atom. The van der Waals surface area contributed by atoms with Crippen LogP contribution in [0.2, 0.25) is 0 Å². The fourth-order valence-electron chi connectivity index (χ4n) is 2.96. The summed E-state index contributed by atoms with van der Waals surface area (Å²) in [6.07, 6.45) is 3.91. The highest BCUT2D eigenvalue weighted by molar-refractivity contribution is 9.13. The zero-order valence-corrected chi connectivity index (χ0v) is 14.8. The van der Waals surface area contributed by atoms with E-state index in [9.17, 15) is 0 Å². The quantitative estimate of drug-likeness (QED) is 0.492. The predicted molar refractivity (Wildman–Crippen MR) is 87.4 cm³/mol. The molecular formula is C14H20Br2P+. The summed E-state index contributed by atoms with van der Waals surface area (Å²) in [5, 5.41) is 0. The lowest BCUT2D eigenvalue weighted by atomic mass is 10.0. The van der Waals surface area contributed by atoms with Crippen molar-refractivity contribution >= 4 is 39.1 Å². The maximum Gasteiger partial charge on any atom is 0.0841 e. The van der Waals surface area contributed by atoms with E-state index in [0.29, 0.717) is 0 Å². The smallest absolute Gasteiger partial charge is 0.0800 e. The SMILES string of the molecule is CC1(Br)C[P+](C)(Cc2ccccc2)CC1(C)Br. The minimum Gasteiger partial charge on any atom is -0.0800 e. The minimum absolute atomic E-state index is 0.233. The van der Waals surface area contributed by atoms with Gasteiger partial charge in [0.25, 0.3) is 0 Å². The number of hydrogen-bond acceptors (Lipinski definition) is 0. The van der Waals surface area contributed by atoms with Crippen LogP contribution in [0.1, 0.15) is 19.4 Å². The van der Waals surface area contributed by atoms with Gasteiger partial charge in [0.1, 0.15) is 0 Å². The average Bonchev–Trinajstić information content (AvgIpc) is 2.31. The topological polar surface area (TPSA) is 0 Å². The molecule has 0 aliphatic carbocycles. The summed E-state index contributed by atoms with van der Waals surface area (Å²) >= 11 is 7.87. The molecule has 1 heterocycles. The maximum atomic E-state index is 3.93. The molecule has 1 aliphatic rings. The van der Waals surface area contributed by atoms with Crippen LogP contribution >= 0.6 is 39.1 Å². The third-order valence-electron chi connectivity index (χ3n) is 3.85. The summed E-state index contributed by atoms with van der Waals surface area (Å²) in [7, 11) is -0.879. The molecule has 1 aromatic carbocycles. The Hall–Kier alpha value is 0.610. The molecule has 17 heavy (non-hydrogen) atoms. The highest BCUT2D eigenvalue weighted by Gasteiger charge is 2.59. The van der Waals surface area contributed by atoms with E-state index < -0.39 is 7.26 Å². The van der Waals surface area contributed by atoms with Crippen LogP contribution in [0.15, 0.2) is 30.3 Å². The van der Waals surface area contributed by atoms with Crippen LogP contribution in [-0.4, -0.2) is 27.6 Å². The molecule has 0 amide bonds. The Morgan fingerprint density at radius 1 is 1.06 bits per heavy atom. The van der Waals surface area contributed by atoms with Gasteiger partial charge in [0.05, 0.1) is 27.1 Å². The standard InChI is InChI=1S/C14H20Br2P/c1-13(15)10-17(3,11-14(13,2)16)9-12-7-5-4-6-8-12/h4-8H,9-11H2,1-3H3/q+1. The van der Waals surface area contributed by atoms with Crippen LogP contribution in [-0.2, 0) is 6.16 Å². The third-order valence-corrected chi connectivity index (χ3v) is 11.5. The Bertz CT molecular complexity index is 382. The van der Waals surface area contributed by atoms with Crippen molar-refractivity contribution in [2.75, 3.05) is 19.0 Å². The molecule has 0 saturated carbocycles. The van der Waals surface area contributed by atoms with Crippen LogP contribution in [0.3, 0.4) is 0 Å². The highest BCUT2D eigenvalue weighted by Crippen LogP contribution is 2.71. The summed E-state index contributed by atoms with van der Waals surface area (Å²) in [4.78, 5) is 0. The van der Waals surface area contributed by atoms with Gasteiger partial charge in [0, 0.05) is 13.9 Å². The molecule has 2 rings (SSSR count). The van der Waals surface area contributed by atoms with E-state index in [1.165, 1.54) is 24.0 Å². The van der Waals surface area contributed by atoms with Gasteiger partial charge in [-0.3, -0.25) is 0 Å². The van der Waals surface area contributed by atoms with Crippen LogP contribution in [0.5, 0.6) is 0 Å². The lowest BCUT2D eigenvalue weighted by Gasteiger charge is -2.26. The lowest BCUT2D eigenvalue weighted by Crippen LogP contribution is -2.37. The summed E-state index contributed by atoms with van der Waals surface area (Å²) < 4.78 is 0.467. The van der Waals surface area contributed by atoms with Crippen LogP contribution < -0.4 is 0 Å². The Morgan fingerprint density at radius 3 is 2.00 bits per heavy atom. The van der Waals surface area contributed by atoms with Gasteiger partial charge in [-0.15, -0.1) is 0 Å². The zero-order valence-electron chi connectivity index (χ0n) is 10.7. The van der Waals surface area contributed by atoms with Crippen molar-refractivity contribution in [3.63, 3.8) is 0 Å². The molecule has 1 saturated heterocycles. The van der Waals surface area contributed by atoms with Crippen molar-refractivity contribution in [2.45, 2.75) is 28.7 Å². The van der Waals surface area contributed by atoms with E-state index in [0.717, 1.165) is 0 Å². The molecule has 0 bridgehead atoms. The lowest BCUT2D eigenvalue weighted by molar-refractivity contribution is 0.615. The first-order valence-electron chi connectivity index (χ1n) is 6.00. The number of benzene rings is 1. The largest absolute Gasteiger partial charge is 0.0841 e. The molecule has 0 radical (unpaired) electrons. The van der Waals surface area contributed by atoms with Crippen molar-refractivity contribution in [1.82, 2.24) is 0 Å². The summed E-state index contributed by atoms with van der Waals surface area (Å²) in [6.45, 7) is 7.18. The molecule has 3 heteroatoms. The van der Waals surface area contributed by atoms with Gasteiger partial charge in [0.2, 0.25) is 0 Å². The van der Waals surface area contributed by atoms with Gasteiger partial charge >= 0.3 is 0 Å². The predicted octanol–water partition coefficient (Wildman–Crippen LogP) is 5.15. The van der Waals surface area contributed by atoms with E-state index in [2.05, 4.69) is 82.7 Å². The van der Waals surface area contributed by atoms with E-state index in [1.54, 1.807) is 0 Å². The van der Waals surface area contributed by atoms with Crippen molar-refractivity contribution in [1.29, 1.82) is 0 Å². The molecule has 0 aromatic heterocycles. The van der Waals surface area contributed by atoms with Crippen molar-refractivity contribution in [3.05, 3.63) is 35.9 Å². The second-order valence-electron chi connectivity index (χ2n) is 5.97. The molecule has 2 atom stereocenters. The van der Waals surface area contributed by atoms with Gasteiger partial charge < -0.3 is 0 Å². The monoisotopic (exact) mass is 377 g/mol. The van der Waals surface area contributed by atoms with Crippen LogP contribution in [0, 0.1) is 0 Å². The second kappa shape index (κ2) is 4.62. The van der Waals surface area contributed by atoms with E-state index in [1.807, 2.05) is 0 Å². The summed E-state index contributed by atoms with van der Waals surface area (Å²) in [5.74, 6) is 0.